The molecule has 1 aliphatic rings. The highest BCUT2D eigenvalue weighted by Crippen LogP contribution is 2.30. The third-order valence-corrected chi connectivity index (χ3v) is 3.81. The van der Waals surface area contributed by atoms with Crippen molar-refractivity contribution in [3.8, 4) is 0 Å². The standard InChI is InChI=1S/C13H16BrNO2/c1-17-13(16)11-6-7-15-8-12(11)9-2-4-10(14)5-3-9/h2-5,11-12,15H,6-8H2,1H3. The molecule has 17 heavy (non-hydrogen) atoms. The largest absolute Gasteiger partial charge is 0.469 e. The molecule has 2 rings (SSSR count). The summed E-state index contributed by atoms with van der Waals surface area (Å²) in [5.74, 6) is 0.0890. The first-order valence-electron chi connectivity index (χ1n) is 5.76. The van der Waals surface area contributed by atoms with E-state index in [2.05, 4.69) is 33.4 Å². The Morgan fingerprint density at radius 1 is 1.41 bits per heavy atom. The Kier molecular flexibility index (Phi) is 4.18. The summed E-state index contributed by atoms with van der Waals surface area (Å²) in [5.41, 5.74) is 1.19. The van der Waals surface area contributed by atoms with Gasteiger partial charge >= 0.3 is 5.97 Å². The Hall–Kier alpha value is -0.870. The molecule has 92 valence electrons. The molecule has 0 amide bonds. The number of benzene rings is 1. The summed E-state index contributed by atoms with van der Waals surface area (Å²) in [6.45, 7) is 1.72. The van der Waals surface area contributed by atoms with Gasteiger partial charge in [-0.1, -0.05) is 28.1 Å². The van der Waals surface area contributed by atoms with Gasteiger partial charge in [0.1, 0.15) is 0 Å². The van der Waals surface area contributed by atoms with Crippen LogP contribution < -0.4 is 5.32 Å². The molecule has 0 aromatic heterocycles. The molecule has 1 aromatic carbocycles. The second-order valence-electron chi connectivity index (χ2n) is 4.28. The van der Waals surface area contributed by atoms with Crippen LogP contribution in [0.4, 0.5) is 0 Å². The van der Waals surface area contributed by atoms with Crippen molar-refractivity contribution < 1.29 is 9.53 Å². The predicted molar refractivity (Wildman–Crippen MR) is 69.9 cm³/mol. The number of carbonyl (C=O) groups excluding carboxylic acids is 1. The molecule has 0 bridgehead atoms. The number of carbonyl (C=O) groups is 1. The maximum Gasteiger partial charge on any atom is 0.309 e. The van der Waals surface area contributed by atoms with E-state index in [0.717, 1.165) is 24.0 Å². The summed E-state index contributed by atoms with van der Waals surface area (Å²) in [7, 11) is 1.46. The maximum absolute atomic E-state index is 11.8. The number of nitrogens with one attached hydrogen (secondary N) is 1. The van der Waals surface area contributed by atoms with Gasteiger partial charge in [0.15, 0.2) is 0 Å². The fraction of sp³-hybridized carbons (Fsp3) is 0.462. The van der Waals surface area contributed by atoms with Crippen molar-refractivity contribution in [3.63, 3.8) is 0 Å². The van der Waals surface area contributed by atoms with Crippen LogP contribution in [0.3, 0.4) is 0 Å². The maximum atomic E-state index is 11.8. The van der Waals surface area contributed by atoms with E-state index in [1.165, 1.54) is 12.7 Å². The lowest BCUT2D eigenvalue weighted by Crippen LogP contribution is -2.39. The van der Waals surface area contributed by atoms with Gasteiger partial charge in [-0.2, -0.15) is 0 Å². The van der Waals surface area contributed by atoms with Crippen LogP contribution >= 0.6 is 15.9 Å². The second-order valence-corrected chi connectivity index (χ2v) is 5.20. The van der Waals surface area contributed by atoms with E-state index in [-0.39, 0.29) is 17.8 Å². The third-order valence-electron chi connectivity index (χ3n) is 3.28. The summed E-state index contributed by atoms with van der Waals surface area (Å²) < 4.78 is 5.94. The Labute approximate surface area is 110 Å². The van der Waals surface area contributed by atoms with Crippen molar-refractivity contribution in [2.75, 3.05) is 20.2 Å². The van der Waals surface area contributed by atoms with Gasteiger partial charge in [-0.3, -0.25) is 4.79 Å². The summed E-state index contributed by atoms with van der Waals surface area (Å²) in [6, 6.07) is 8.16. The Morgan fingerprint density at radius 3 is 2.76 bits per heavy atom. The zero-order valence-electron chi connectivity index (χ0n) is 9.78. The van der Waals surface area contributed by atoms with Gasteiger partial charge in [0, 0.05) is 16.9 Å². The topological polar surface area (TPSA) is 38.3 Å². The molecule has 0 aliphatic carbocycles. The van der Waals surface area contributed by atoms with Crippen molar-refractivity contribution >= 4 is 21.9 Å². The average molecular weight is 298 g/mol. The van der Waals surface area contributed by atoms with Crippen LogP contribution in [0.15, 0.2) is 28.7 Å². The average Bonchev–Trinajstić information content (AvgIpc) is 2.39. The van der Waals surface area contributed by atoms with Crippen LogP contribution in [0.2, 0.25) is 0 Å². The molecular weight excluding hydrogens is 282 g/mol. The van der Waals surface area contributed by atoms with Gasteiger partial charge in [0.2, 0.25) is 0 Å². The first kappa shape index (κ1) is 12.6. The van der Waals surface area contributed by atoms with Crippen molar-refractivity contribution in [2.24, 2.45) is 5.92 Å². The number of halogens is 1. The number of hydrogen-bond acceptors (Lipinski definition) is 3. The molecule has 4 heteroatoms. The molecule has 0 saturated carbocycles. The van der Waals surface area contributed by atoms with E-state index in [9.17, 15) is 4.79 Å². The minimum absolute atomic E-state index is 0.0255. The Morgan fingerprint density at radius 2 is 2.12 bits per heavy atom. The molecule has 0 spiro atoms. The summed E-state index contributed by atoms with van der Waals surface area (Å²) in [5, 5.41) is 3.34. The zero-order valence-corrected chi connectivity index (χ0v) is 11.4. The van der Waals surface area contributed by atoms with Crippen LogP contribution in [-0.2, 0) is 9.53 Å². The van der Waals surface area contributed by atoms with E-state index in [1.807, 2.05) is 12.1 Å². The monoisotopic (exact) mass is 297 g/mol. The molecule has 0 radical (unpaired) electrons. The molecule has 3 nitrogen and oxygen atoms in total. The number of methoxy groups -OCH3 is 1. The van der Waals surface area contributed by atoms with E-state index >= 15 is 0 Å². The van der Waals surface area contributed by atoms with Crippen molar-refractivity contribution in [3.05, 3.63) is 34.3 Å². The van der Waals surface area contributed by atoms with E-state index in [1.54, 1.807) is 0 Å². The Bertz CT molecular complexity index is 391. The van der Waals surface area contributed by atoms with E-state index < -0.39 is 0 Å². The first-order valence-corrected chi connectivity index (χ1v) is 6.55. The fourth-order valence-electron chi connectivity index (χ4n) is 2.35. The molecule has 1 aromatic rings. The highest BCUT2D eigenvalue weighted by molar-refractivity contribution is 9.10. The Balaban J connectivity index is 2.21. The summed E-state index contributed by atoms with van der Waals surface area (Å²) >= 11 is 3.42. The predicted octanol–water partition coefficient (Wildman–Crippen LogP) is 2.32. The normalized spacial score (nSPS) is 24.4. The molecule has 1 aliphatic heterocycles. The number of rotatable bonds is 2. The number of esters is 1. The van der Waals surface area contributed by atoms with Gasteiger partial charge in [-0.05, 0) is 30.7 Å². The van der Waals surface area contributed by atoms with E-state index in [4.69, 9.17) is 4.74 Å². The van der Waals surface area contributed by atoms with Crippen LogP contribution in [0.5, 0.6) is 0 Å². The number of hydrogen-bond donors (Lipinski definition) is 1. The molecule has 2 atom stereocenters. The van der Waals surface area contributed by atoms with Crippen LogP contribution in [-0.4, -0.2) is 26.2 Å². The second kappa shape index (κ2) is 5.65. The summed E-state index contributed by atoms with van der Waals surface area (Å²) in [6.07, 6.45) is 0.841. The highest BCUT2D eigenvalue weighted by atomic mass is 79.9. The lowest BCUT2D eigenvalue weighted by atomic mass is 9.81. The van der Waals surface area contributed by atoms with Crippen LogP contribution in [0.25, 0.3) is 0 Å². The number of ether oxygens (including phenoxy) is 1. The minimum atomic E-state index is -0.0978. The molecule has 2 unspecified atom stereocenters. The van der Waals surface area contributed by atoms with Crippen LogP contribution in [0, 0.1) is 5.92 Å². The first-order chi connectivity index (χ1) is 8.22. The SMILES string of the molecule is COC(=O)C1CCNCC1c1ccc(Br)cc1. The van der Waals surface area contributed by atoms with Crippen molar-refractivity contribution in [2.45, 2.75) is 12.3 Å². The number of piperidine rings is 1. The van der Waals surface area contributed by atoms with Gasteiger partial charge in [0.05, 0.1) is 13.0 Å². The molecule has 1 heterocycles. The van der Waals surface area contributed by atoms with Crippen molar-refractivity contribution in [1.82, 2.24) is 5.32 Å². The summed E-state index contributed by atoms with van der Waals surface area (Å²) in [4.78, 5) is 11.8. The van der Waals surface area contributed by atoms with Gasteiger partial charge < -0.3 is 10.1 Å². The van der Waals surface area contributed by atoms with Crippen LogP contribution in [0.1, 0.15) is 17.9 Å². The van der Waals surface area contributed by atoms with E-state index in [0.29, 0.717) is 0 Å². The molecule has 1 fully saturated rings. The molecule has 1 saturated heterocycles. The fourth-order valence-corrected chi connectivity index (χ4v) is 2.62. The smallest absolute Gasteiger partial charge is 0.309 e. The zero-order chi connectivity index (χ0) is 12.3. The van der Waals surface area contributed by atoms with Gasteiger partial charge in [-0.25, -0.2) is 0 Å². The third kappa shape index (κ3) is 2.87. The molecular formula is C13H16BrNO2. The lowest BCUT2D eigenvalue weighted by Gasteiger charge is -2.30. The van der Waals surface area contributed by atoms with Crippen molar-refractivity contribution in [1.29, 1.82) is 0 Å². The van der Waals surface area contributed by atoms with Gasteiger partial charge in [-0.15, -0.1) is 0 Å². The van der Waals surface area contributed by atoms with Gasteiger partial charge in [0.25, 0.3) is 0 Å². The molecule has 1 N–H and O–H groups in total. The quantitative estimate of drug-likeness (QED) is 0.852. The lowest BCUT2D eigenvalue weighted by molar-refractivity contribution is -0.147. The highest BCUT2D eigenvalue weighted by Gasteiger charge is 2.32. The minimum Gasteiger partial charge on any atom is -0.469 e.